The largest absolute Gasteiger partial charge is 0.453 e. The van der Waals surface area contributed by atoms with Crippen LogP contribution in [0.5, 0.6) is 0 Å². The number of guanidine groups is 1. The second-order valence-electron chi connectivity index (χ2n) is 5.10. The van der Waals surface area contributed by atoms with Gasteiger partial charge in [-0.05, 0) is 29.5 Å². The number of rotatable bonds is 3. The van der Waals surface area contributed by atoms with E-state index in [-0.39, 0.29) is 6.04 Å². The number of methoxy groups -OCH3 is 1. The Morgan fingerprint density at radius 3 is 2.81 bits per heavy atom. The standard InChI is InChI=1S/C16H23N3O2/c1-5-11-8-7-9-13(12(11)6-2)14-10-17-15(19(14)3)18-16(20)21-4/h7-9,14H,5-6,10H2,1-4H3,(H,17,18,20). The molecule has 1 unspecified atom stereocenters. The van der Waals surface area contributed by atoms with Crippen LogP contribution in [0.2, 0.25) is 0 Å². The molecule has 21 heavy (non-hydrogen) atoms. The monoisotopic (exact) mass is 289 g/mol. The summed E-state index contributed by atoms with van der Waals surface area (Å²) in [5, 5.41) is 2.66. The number of likely N-dealkylation sites (N-methyl/N-ethyl adjacent to an activating group) is 1. The number of nitrogens with one attached hydrogen (secondary N) is 1. The van der Waals surface area contributed by atoms with E-state index in [1.807, 2.05) is 11.9 Å². The maximum atomic E-state index is 11.3. The van der Waals surface area contributed by atoms with Crippen molar-refractivity contribution in [3.8, 4) is 0 Å². The molecule has 1 heterocycles. The number of aryl methyl sites for hydroxylation is 1. The SMILES string of the molecule is CCc1cccc(C2CN=C(NC(=O)OC)N2C)c1CC. The third kappa shape index (κ3) is 3.01. The maximum absolute atomic E-state index is 11.3. The van der Waals surface area contributed by atoms with Crippen molar-refractivity contribution >= 4 is 12.1 Å². The highest BCUT2D eigenvalue weighted by Gasteiger charge is 2.28. The first-order valence-electron chi connectivity index (χ1n) is 7.35. The normalized spacial score (nSPS) is 17.6. The van der Waals surface area contributed by atoms with Crippen molar-refractivity contribution in [2.45, 2.75) is 32.7 Å². The Bertz CT molecular complexity index is 554. The lowest BCUT2D eigenvalue weighted by atomic mass is 9.92. The van der Waals surface area contributed by atoms with E-state index in [0.717, 1.165) is 12.8 Å². The number of hydrogen-bond donors (Lipinski definition) is 1. The highest BCUT2D eigenvalue weighted by molar-refractivity contribution is 5.94. The number of nitrogens with zero attached hydrogens (tertiary/aromatic N) is 2. The fourth-order valence-electron chi connectivity index (χ4n) is 2.86. The molecule has 0 fully saturated rings. The van der Waals surface area contributed by atoms with Gasteiger partial charge in [0.25, 0.3) is 0 Å². The van der Waals surface area contributed by atoms with Gasteiger partial charge in [-0.2, -0.15) is 0 Å². The molecule has 1 aliphatic heterocycles. The third-order valence-electron chi connectivity index (χ3n) is 4.02. The summed E-state index contributed by atoms with van der Waals surface area (Å²) in [5.74, 6) is 0.566. The summed E-state index contributed by atoms with van der Waals surface area (Å²) in [6.07, 6.45) is 1.55. The van der Waals surface area contributed by atoms with Crippen molar-refractivity contribution < 1.29 is 9.53 Å². The predicted octanol–water partition coefficient (Wildman–Crippen LogP) is 2.51. The average molecular weight is 289 g/mol. The van der Waals surface area contributed by atoms with Gasteiger partial charge in [0.05, 0.1) is 19.7 Å². The van der Waals surface area contributed by atoms with E-state index >= 15 is 0 Å². The van der Waals surface area contributed by atoms with Crippen LogP contribution >= 0.6 is 0 Å². The minimum absolute atomic E-state index is 0.165. The molecule has 1 aromatic carbocycles. The van der Waals surface area contributed by atoms with E-state index in [2.05, 4.69) is 47.1 Å². The molecule has 1 atom stereocenters. The van der Waals surface area contributed by atoms with Crippen LogP contribution in [0, 0.1) is 0 Å². The van der Waals surface area contributed by atoms with Gasteiger partial charge in [0.15, 0.2) is 0 Å². The number of hydrogen-bond acceptors (Lipinski definition) is 4. The predicted molar refractivity (Wildman–Crippen MR) is 83.5 cm³/mol. The van der Waals surface area contributed by atoms with Gasteiger partial charge in [-0.15, -0.1) is 0 Å². The second-order valence-corrected chi connectivity index (χ2v) is 5.10. The maximum Gasteiger partial charge on any atom is 0.413 e. The Morgan fingerprint density at radius 2 is 2.19 bits per heavy atom. The van der Waals surface area contributed by atoms with Crippen molar-refractivity contribution in [1.29, 1.82) is 0 Å². The number of carbonyl (C=O) groups excluding carboxylic acids is 1. The highest BCUT2D eigenvalue weighted by Crippen LogP contribution is 2.29. The zero-order chi connectivity index (χ0) is 15.4. The number of aliphatic imine (C=N–C) groups is 1. The van der Waals surface area contributed by atoms with E-state index in [4.69, 9.17) is 0 Å². The Balaban J connectivity index is 2.24. The third-order valence-corrected chi connectivity index (χ3v) is 4.02. The summed E-state index contributed by atoms with van der Waals surface area (Å²) in [6.45, 7) is 5.01. The fourth-order valence-corrected chi connectivity index (χ4v) is 2.86. The molecule has 0 bridgehead atoms. The molecule has 1 aromatic rings. The van der Waals surface area contributed by atoms with Gasteiger partial charge in [0, 0.05) is 7.05 Å². The Labute approximate surface area is 126 Å². The lowest BCUT2D eigenvalue weighted by molar-refractivity contribution is 0.175. The molecule has 5 nitrogen and oxygen atoms in total. The molecule has 0 aromatic heterocycles. The molecule has 0 aliphatic carbocycles. The summed E-state index contributed by atoms with van der Waals surface area (Å²) in [5.41, 5.74) is 4.08. The van der Waals surface area contributed by atoms with Gasteiger partial charge in [-0.3, -0.25) is 10.3 Å². The number of carbonyl (C=O) groups is 1. The fraction of sp³-hybridized carbons (Fsp3) is 0.500. The van der Waals surface area contributed by atoms with Crippen molar-refractivity contribution in [2.24, 2.45) is 4.99 Å². The molecule has 114 valence electrons. The minimum atomic E-state index is -0.487. The molecular weight excluding hydrogens is 266 g/mol. The van der Waals surface area contributed by atoms with Gasteiger partial charge in [0.2, 0.25) is 5.96 Å². The van der Waals surface area contributed by atoms with E-state index in [0.29, 0.717) is 12.5 Å². The van der Waals surface area contributed by atoms with Crippen LogP contribution in [0.25, 0.3) is 0 Å². The van der Waals surface area contributed by atoms with Crippen LogP contribution in [0.1, 0.15) is 36.6 Å². The van der Waals surface area contributed by atoms with E-state index < -0.39 is 6.09 Å². The van der Waals surface area contributed by atoms with Gasteiger partial charge >= 0.3 is 6.09 Å². The van der Waals surface area contributed by atoms with Crippen LogP contribution in [-0.4, -0.2) is 37.7 Å². The van der Waals surface area contributed by atoms with E-state index in [1.165, 1.54) is 23.8 Å². The molecule has 0 saturated carbocycles. The molecule has 0 saturated heterocycles. The van der Waals surface area contributed by atoms with Crippen molar-refractivity contribution in [1.82, 2.24) is 10.2 Å². The summed E-state index contributed by atoms with van der Waals surface area (Å²) >= 11 is 0. The van der Waals surface area contributed by atoms with Gasteiger partial charge in [0.1, 0.15) is 0 Å². The smallest absolute Gasteiger partial charge is 0.413 e. The molecule has 5 heteroatoms. The second kappa shape index (κ2) is 6.61. The molecule has 2 rings (SSSR count). The Morgan fingerprint density at radius 1 is 1.43 bits per heavy atom. The topological polar surface area (TPSA) is 53.9 Å². The summed E-state index contributed by atoms with van der Waals surface area (Å²) < 4.78 is 4.63. The van der Waals surface area contributed by atoms with Gasteiger partial charge < -0.3 is 9.64 Å². The average Bonchev–Trinajstić information content (AvgIpc) is 2.87. The number of benzene rings is 1. The van der Waals surface area contributed by atoms with E-state index in [9.17, 15) is 4.79 Å². The summed E-state index contributed by atoms with van der Waals surface area (Å²) in [6, 6.07) is 6.62. The number of alkyl carbamates (subject to hydrolysis) is 1. The van der Waals surface area contributed by atoms with Crippen LogP contribution in [0.4, 0.5) is 4.79 Å². The Kier molecular flexibility index (Phi) is 4.83. The summed E-state index contributed by atoms with van der Waals surface area (Å²) in [7, 11) is 3.30. The van der Waals surface area contributed by atoms with Crippen molar-refractivity contribution in [2.75, 3.05) is 20.7 Å². The number of ether oxygens (including phenoxy) is 1. The molecule has 1 aliphatic rings. The molecule has 0 spiro atoms. The van der Waals surface area contributed by atoms with Crippen molar-refractivity contribution in [3.63, 3.8) is 0 Å². The number of amides is 1. The quantitative estimate of drug-likeness (QED) is 0.930. The minimum Gasteiger partial charge on any atom is -0.453 e. The zero-order valence-electron chi connectivity index (χ0n) is 13.1. The van der Waals surface area contributed by atoms with Gasteiger partial charge in [-0.25, -0.2) is 4.79 Å². The molecule has 1 amide bonds. The molecule has 0 radical (unpaired) electrons. The van der Waals surface area contributed by atoms with Crippen LogP contribution in [-0.2, 0) is 17.6 Å². The lowest BCUT2D eigenvalue weighted by Crippen LogP contribution is -2.40. The first-order chi connectivity index (χ1) is 10.1. The Hall–Kier alpha value is -2.04. The van der Waals surface area contributed by atoms with Crippen LogP contribution in [0.3, 0.4) is 0 Å². The highest BCUT2D eigenvalue weighted by atomic mass is 16.5. The van der Waals surface area contributed by atoms with Crippen LogP contribution < -0.4 is 5.32 Å². The molecular formula is C16H23N3O2. The molecule has 1 N–H and O–H groups in total. The first-order valence-corrected chi connectivity index (χ1v) is 7.35. The lowest BCUT2D eigenvalue weighted by Gasteiger charge is -2.26. The van der Waals surface area contributed by atoms with Crippen molar-refractivity contribution in [3.05, 3.63) is 34.9 Å². The van der Waals surface area contributed by atoms with Crippen LogP contribution in [0.15, 0.2) is 23.2 Å². The first kappa shape index (κ1) is 15.4. The zero-order valence-corrected chi connectivity index (χ0v) is 13.1. The van der Waals surface area contributed by atoms with E-state index in [1.54, 1.807) is 0 Å². The summed E-state index contributed by atoms with van der Waals surface area (Å²) in [4.78, 5) is 17.8. The van der Waals surface area contributed by atoms with Gasteiger partial charge in [-0.1, -0.05) is 32.0 Å².